The molecule has 0 heterocycles. The standard InChI is InChI=1S/C16H20FNO/c1-12-4-2-6-14(10-12)19-16-11-13(5-3-9-18)7-8-15(16)17/h7-8,11-12,14H,2,4,6,9-10,18H2,1H3. The summed E-state index contributed by atoms with van der Waals surface area (Å²) in [5, 5.41) is 0. The van der Waals surface area contributed by atoms with Gasteiger partial charge in [-0.3, -0.25) is 0 Å². The second-order valence-electron chi connectivity index (χ2n) is 5.16. The van der Waals surface area contributed by atoms with Gasteiger partial charge in [-0.25, -0.2) is 4.39 Å². The van der Waals surface area contributed by atoms with Crippen molar-refractivity contribution in [2.45, 2.75) is 38.7 Å². The topological polar surface area (TPSA) is 35.2 Å². The quantitative estimate of drug-likeness (QED) is 0.830. The number of hydrogen-bond acceptors (Lipinski definition) is 2. The number of nitrogens with two attached hydrogens (primary N) is 1. The van der Waals surface area contributed by atoms with Gasteiger partial charge in [0.15, 0.2) is 11.6 Å². The van der Waals surface area contributed by atoms with Gasteiger partial charge in [0.05, 0.1) is 12.6 Å². The molecule has 1 fully saturated rings. The van der Waals surface area contributed by atoms with Crippen LogP contribution in [0.2, 0.25) is 0 Å². The maximum atomic E-state index is 13.7. The molecule has 0 amide bonds. The zero-order valence-corrected chi connectivity index (χ0v) is 11.3. The van der Waals surface area contributed by atoms with E-state index in [9.17, 15) is 4.39 Å². The van der Waals surface area contributed by atoms with Crippen molar-refractivity contribution >= 4 is 0 Å². The van der Waals surface area contributed by atoms with E-state index in [1.807, 2.05) is 0 Å². The van der Waals surface area contributed by atoms with E-state index in [4.69, 9.17) is 10.5 Å². The molecule has 0 spiro atoms. The first-order chi connectivity index (χ1) is 9.19. The van der Waals surface area contributed by atoms with Crippen LogP contribution in [0.15, 0.2) is 18.2 Å². The minimum atomic E-state index is -0.323. The summed E-state index contributed by atoms with van der Waals surface area (Å²) in [5.41, 5.74) is 6.07. The predicted molar refractivity (Wildman–Crippen MR) is 74.4 cm³/mol. The number of hydrogen-bond donors (Lipinski definition) is 1. The highest BCUT2D eigenvalue weighted by Gasteiger charge is 2.21. The van der Waals surface area contributed by atoms with E-state index in [0.29, 0.717) is 18.2 Å². The van der Waals surface area contributed by atoms with Gasteiger partial charge in [0.2, 0.25) is 0 Å². The normalized spacial score (nSPS) is 22.5. The Morgan fingerprint density at radius 2 is 2.26 bits per heavy atom. The van der Waals surface area contributed by atoms with E-state index in [0.717, 1.165) is 24.8 Å². The van der Waals surface area contributed by atoms with Crippen LogP contribution in [0, 0.1) is 23.6 Å². The van der Waals surface area contributed by atoms with Crippen LogP contribution in [0.4, 0.5) is 4.39 Å². The summed E-state index contributed by atoms with van der Waals surface area (Å²) in [6, 6.07) is 4.72. The highest BCUT2D eigenvalue weighted by molar-refractivity contribution is 5.40. The molecular formula is C16H20FNO. The van der Waals surface area contributed by atoms with Crippen LogP contribution >= 0.6 is 0 Å². The highest BCUT2D eigenvalue weighted by atomic mass is 19.1. The first-order valence-electron chi connectivity index (χ1n) is 6.84. The summed E-state index contributed by atoms with van der Waals surface area (Å²) < 4.78 is 19.5. The van der Waals surface area contributed by atoms with Crippen molar-refractivity contribution in [3.05, 3.63) is 29.6 Å². The number of halogens is 1. The van der Waals surface area contributed by atoms with E-state index in [1.54, 1.807) is 12.1 Å². The molecule has 0 saturated heterocycles. The molecule has 0 aromatic heterocycles. The lowest BCUT2D eigenvalue weighted by molar-refractivity contribution is 0.124. The average molecular weight is 261 g/mol. The molecule has 1 aromatic rings. The van der Waals surface area contributed by atoms with Gasteiger partial charge in [-0.1, -0.05) is 25.2 Å². The van der Waals surface area contributed by atoms with Gasteiger partial charge < -0.3 is 10.5 Å². The molecule has 3 heteroatoms. The Labute approximate surface area is 114 Å². The smallest absolute Gasteiger partial charge is 0.165 e. The fourth-order valence-electron chi connectivity index (χ4n) is 2.49. The van der Waals surface area contributed by atoms with Crippen LogP contribution in [-0.2, 0) is 0 Å². The Balaban J connectivity index is 2.10. The van der Waals surface area contributed by atoms with Crippen molar-refractivity contribution in [1.29, 1.82) is 0 Å². The van der Waals surface area contributed by atoms with Crippen molar-refractivity contribution < 1.29 is 9.13 Å². The summed E-state index contributed by atoms with van der Waals surface area (Å²) in [7, 11) is 0. The van der Waals surface area contributed by atoms with Gasteiger partial charge in [-0.15, -0.1) is 0 Å². The molecule has 2 nitrogen and oxygen atoms in total. The van der Waals surface area contributed by atoms with Crippen LogP contribution in [0.25, 0.3) is 0 Å². The first kappa shape index (κ1) is 13.9. The first-order valence-corrected chi connectivity index (χ1v) is 6.84. The minimum absolute atomic E-state index is 0.121. The molecule has 1 aromatic carbocycles. The van der Waals surface area contributed by atoms with Gasteiger partial charge in [0, 0.05) is 5.56 Å². The lowest BCUT2D eigenvalue weighted by atomic mass is 9.89. The Bertz CT molecular complexity index is 489. The third-order valence-corrected chi connectivity index (χ3v) is 3.45. The molecule has 1 aliphatic rings. The minimum Gasteiger partial charge on any atom is -0.487 e. The van der Waals surface area contributed by atoms with Crippen LogP contribution in [0.5, 0.6) is 5.75 Å². The third kappa shape index (κ3) is 3.97. The zero-order chi connectivity index (χ0) is 13.7. The maximum Gasteiger partial charge on any atom is 0.165 e. The molecule has 1 saturated carbocycles. The van der Waals surface area contributed by atoms with Gasteiger partial charge in [0.25, 0.3) is 0 Å². The van der Waals surface area contributed by atoms with Crippen molar-refractivity contribution in [1.82, 2.24) is 0 Å². The van der Waals surface area contributed by atoms with E-state index in [-0.39, 0.29) is 11.9 Å². The molecule has 2 N–H and O–H groups in total. The molecule has 102 valence electrons. The summed E-state index contributed by atoms with van der Waals surface area (Å²) in [5.74, 6) is 6.30. The summed E-state index contributed by atoms with van der Waals surface area (Å²) in [6.45, 7) is 2.52. The van der Waals surface area contributed by atoms with E-state index in [1.165, 1.54) is 12.5 Å². The molecule has 2 atom stereocenters. The summed E-state index contributed by atoms with van der Waals surface area (Å²) in [4.78, 5) is 0. The van der Waals surface area contributed by atoms with Crippen molar-refractivity contribution in [2.24, 2.45) is 11.7 Å². The van der Waals surface area contributed by atoms with Gasteiger partial charge >= 0.3 is 0 Å². The Kier molecular flexibility index (Phi) is 4.81. The monoisotopic (exact) mass is 261 g/mol. The Morgan fingerprint density at radius 3 is 3.00 bits per heavy atom. The van der Waals surface area contributed by atoms with Crippen molar-refractivity contribution in [3.63, 3.8) is 0 Å². The fourth-order valence-corrected chi connectivity index (χ4v) is 2.49. The number of rotatable bonds is 2. The van der Waals surface area contributed by atoms with Gasteiger partial charge in [-0.05, 0) is 43.4 Å². The molecule has 0 bridgehead atoms. The highest BCUT2D eigenvalue weighted by Crippen LogP contribution is 2.28. The van der Waals surface area contributed by atoms with Crippen LogP contribution < -0.4 is 10.5 Å². The second kappa shape index (κ2) is 6.58. The molecular weight excluding hydrogens is 241 g/mol. The second-order valence-corrected chi connectivity index (χ2v) is 5.16. The fraction of sp³-hybridized carbons (Fsp3) is 0.500. The SMILES string of the molecule is CC1CCCC(Oc2cc(C#CCN)ccc2F)C1. The molecule has 0 radical (unpaired) electrons. The van der Waals surface area contributed by atoms with Gasteiger partial charge in [0.1, 0.15) is 0 Å². The predicted octanol–water partition coefficient (Wildman–Crippen LogP) is 3.09. The van der Waals surface area contributed by atoms with Crippen LogP contribution in [0.3, 0.4) is 0 Å². The summed E-state index contributed by atoms with van der Waals surface area (Å²) in [6.07, 6.45) is 4.52. The Morgan fingerprint density at radius 1 is 1.42 bits per heavy atom. The van der Waals surface area contributed by atoms with E-state index >= 15 is 0 Å². The van der Waals surface area contributed by atoms with Crippen LogP contribution in [-0.4, -0.2) is 12.6 Å². The van der Waals surface area contributed by atoms with Gasteiger partial charge in [-0.2, -0.15) is 0 Å². The van der Waals surface area contributed by atoms with Crippen molar-refractivity contribution in [3.8, 4) is 17.6 Å². The van der Waals surface area contributed by atoms with Crippen LogP contribution in [0.1, 0.15) is 38.2 Å². The largest absolute Gasteiger partial charge is 0.487 e. The third-order valence-electron chi connectivity index (χ3n) is 3.45. The summed E-state index contributed by atoms with van der Waals surface area (Å²) >= 11 is 0. The molecule has 19 heavy (non-hydrogen) atoms. The molecule has 0 aliphatic heterocycles. The number of benzene rings is 1. The van der Waals surface area contributed by atoms with E-state index in [2.05, 4.69) is 18.8 Å². The Hall–Kier alpha value is -1.53. The molecule has 2 rings (SSSR count). The van der Waals surface area contributed by atoms with E-state index < -0.39 is 0 Å². The lowest BCUT2D eigenvalue weighted by Crippen LogP contribution is -2.24. The average Bonchev–Trinajstić information content (AvgIpc) is 2.40. The maximum absolute atomic E-state index is 13.7. The lowest BCUT2D eigenvalue weighted by Gasteiger charge is -2.27. The van der Waals surface area contributed by atoms with Crippen molar-refractivity contribution in [2.75, 3.05) is 6.54 Å². The molecule has 1 aliphatic carbocycles. The zero-order valence-electron chi connectivity index (χ0n) is 11.3. The molecule has 2 unspecified atom stereocenters. The number of ether oxygens (including phenoxy) is 1.